The van der Waals surface area contributed by atoms with E-state index in [9.17, 15) is 8.42 Å². The number of hydrogen-bond acceptors (Lipinski definition) is 4. The highest BCUT2D eigenvalue weighted by Gasteiger charge is 2.20. The van der Waals surface area contributed by atoms with Gasteiger partial charge in [-0.1, -0.05) is 15.9 Å². The minimum Gasteiger partial charge on any atom is -0.454 e. The fraction of sp³-hybridized carbons (Fsp3) is 0.0769. The molecule has 20 heavy (non-hydrogen) atoms. The average molecular weight is 356 g/mol. The number of halogens is 1. The zero-order valence-corrected chi connectivity index (χ0v) is 12.6. The van der Waals surface area contributed by atoms with Gasteiger partial charge in [0.05, 0.1) is 4.90 Å². The molecule has 0 unspecified atom stereocenters. The van der Waals surface area contributed by atoms with Crippen molar-refractivity contribution in [2.24, 2.45) is 0 Å². The number of ether oxygens (including phenoxy) is 2. The van der Waals surface area contributed by atoms with Crippen molar-refractivity contribution in [3.05, 3.63) is 46.9 Å². The first-order valence-electron chi connectivity index (χ1n) is 5.73. The summed E-state index contributed by atoms with van der Waals surface area (Å²) >= 11 is 3.30. The molecule has 1 aliphatic rings. The van der Waals surface area contributed by atoms with E-state index in [0.717, 1.165) is 4.47 Å². The first-order chi connectivity index (χ1) is 9.54. The normalized spacial score (nSPS) is 13.2. The molecule has 0 radical (unpaired) electrons. The smallest absolute Gasteiger partial charge is 0.262 e. The molecule has 0 bridgehead atoms. The van der Waals surface area contributed by atoms with Crippen LogP contribution in [-0.2, 0) is 10.0 Å². The van der Waals surface area contributed by atoms with Crippen molar-refractivity contribution >= 4 is 31.6 Å². The summed E-state index contributed by atoms with van der Waals surface area (Å²) in [6.07, 6.45) is 0. The molecule has 0 fully saturated rings. The number of benzene rings is 2. The summed E-state index contributed by atoms with van der Waals surface area (Å²) in [4.78, 5) is 0.129. The van der Waals surface area contributed by atoms with Crippen molar-refractivity contribution in [2.45, 2.75) is 4.90 Å². The molecule has 1 aliphatic heterocycles. The predicted octanol–water partition coefficient (Wildman–Crippen LogP) is 2.98. The second-order valence-electron chi connectivity index (χ2n) is 4.13. The lowest BCUT2D eigenvalue weighted by molar-refractivity contribution is 0.174. The van der Waals surface area contributed by atoms with Crippen molar-refractivity contribution in [1.29, 1.82) is 0 Å². The molecular weight excluding hydrogens is 346 g/mol. The molecule has 0 saturated heterocycles. The fourth-order valence-electron chi connectivity index (χ4n) is 1.78. The van der Waals surface area contributed by atoms with Gasteiger partial charge >= 0.3 is 0 Å². The largest absolute Gasteiger partial charge is 0.454 e. The highest BCUT2D eigenvalue weighted by molar-refractivity contribution is 9.10. The minimum atomic E-state index is -3.65. The lowest BCUT2D eigenvalue weighted by atomic mass is 10.3. The standard InChI is InChI=1S/C13H10BrNO4S/c14-9-1-3-10(4-2-9)15-20(16,17)11-5-6-12-13(7-11)19-8-18-12/h1-7,15H,8H2. The molecule has 7 heteroatoms. The number of sulfonamides is 1. The molecule has 2 aromatic carbocycles. The Morgan fingerprint density at radius 2 is 1.70 bits per heavy atom. The van der Waals surface area contributed by atoms with Crippen molar-refractivity contribution in [3.63, 3.8) is 0 Å². The van der Waals surface area contributed by atoms with E-state index in [4.69, 9.17) is 9.47 Å². The summed E-state index contributed by atoms with van der Waals surface area (Å²) in [5, 5.41) is 0. The van der Waals surface area contributed by atoms with Gasteiger partial charge in [-0.15, -0.1) is 0 Å². The summed E-state index contributed by atoms with van der Waals surface area (Å²) in [6, 6.07) is 11.4. The van der Waals surface area contributed by atoms with Crippen molar-refractivity contribution < 1.29 is 17.9 Å². The Bertz CT molecular complexity index is 743. The maximum absolute atomic E-state index is 12.3. The first kappa shape index (κ1) is 13.3. The topological polar surface area (TPSA) is 64.6 Å². The zero-order valence-electron chi connectivity index (χ0n) is 10.2. The molecule has 0 amide bonds. The fourth-order valence-corrected chi connectivity index (χ4v) is 3.11. The van der Waals surface area contributed by atoms with Gasteiger partial charge in [0.2, 0.25) is 6.79 Å². The van der Waals surface area contributed by atoms with Crippen LogP contribution in [0, 0.1) is 0 Å². The van der Waals surface area contributed by atoms with Crippen LogP contribution in [0.1, 0.15) is 0 Å². The Morgan fingerprint density at radius 1 is 1.00 bits per heavy atom. The highest BCUT2D eigenvalue weighted by atomic mass is 79.9. The number of rotatable bonds is 3. The molecular formula is C13H10BrNO4S. The Hall–Kier alpha value is -1.73. The number of nitrogens with one attached hydrogen (secondary N) is 1. The van der Waals surface area contributed by atoms with Gasteiger partial charge in [-0.25, -0.2) is 8.42 Å². The van der Waals surface area contributed by atoms with Crippen LogP contribution in [0.3, 0.4) is 0 Å². The minimum absolute atomic E-state index is 0.110. The van der Waals surface area contributed by atoms with Gasteiger partial charge in [0, 0.05) is 16.2 Å². The number of hydrogen-bond donors (Lipinski definition) is 1. The van der Waals surface area contributed by atoms with E-state index < -0.39 is 10.0 Å². The van der Waals surface area contributed by atoms with E-state index in [2.05, 4.69) is 20.7 Å². The Morgan fingerprint density at radius 3 is 2.45 bits per heavy atom. The summed E-state index contributed by atoms with van der Waals surface area (Å²) in [5.41, 5.74) is 0.492. The summed E-state index contributed by atoms with van der Waals surface area (Å²) in [5.74, 6) is 0.983. The van der Waals surface area contributed by atoms with Gasteiger partial charge in [0.15, 0.2) is 11.5 Å². The highest BCUT2D eigenvalue weighted by Crippen LogP contribution is 2.34. The number of fused-ring (bicyclic) bond motifs is 1. The number of anilines is 1. The third-order valence-corrected chi connectivity index (χ3v) is 4.66. The van der Waals surface area contributed by atoms with Gasteiger partial charge < -0.3 is 9.47 Å². The molecule has 1 N–H and O–H groups in total. The second kappa shape index (κ2) is 4.99. The van der Waals surface area contributed by atoms with E-state index in [0.29, 0.717) is 17.2 Å². The summed E-state index contributed by atoms with van der Waals surface area (Å²) in [7, 11) is -3.65. The zero-order chi connectivity index (χ0) is 14.2. The molecule has 0 saturated carbocycles. The monoisotopic (exact) mass is 355 g/mol. The van der Waals surface area contributed by atoms with E-state index in [1.54, 1.807) is 30.3 Å². The maximum Gasteiger partial charge on any atom is 0.262 e. The third kappa shape index (κ3) is 2.59. The van der Waals surface area contributed by atoms with Crippen molar-refractivity contribution in [3.8, 4) is 11.5 Å². The van der Waals surface area contributed by atoms with Crippen LogP contribution in [0.2, 0.25) is 0 Å². The van der Waals surface area contributed by atoms with Crippen LogP contribution in [0.25, 0.3) is 0 Å². The second-order valence-corrected chi connectivity index (χ2v) is 6.73. The third-order valence-electron chi connectivity index (χ3n) is 2.75. The molecule has 0 atom stereocenters. The molecule has 0 aromatic heterocycles. The molecule has 5 nitrogen and oxygen atoms in total. The first-order valence-corrected chi connectivity index (χ1v) is 8.00. The van der Waals surface area contributed by atoms with Crippen LogP contribution in [-0.4, -0.2) is 15.2 Å². The lowest BCUT2D eigenvalue weighted by Gasteiger charge is -2.08. The van der Waals surface area contributed by atoms with Crippen LogP contribution in [0.5, 0.6) is 11.5 Å². The predicted molar refractivity (Wildman–Crippen MR) is 77.5 cm³/mol. The summed E-state index contributed by atoms with van der Waals surface area (Å²) < 4.78 is 38.3. The van der Waals surface area contributed by atoms with E-state index in [-0.39, 0.29) is 11.7 Å². The Balaban J connectivity index is 1.90. The van der Waals surface area contributed by atoms with Gasteiger partial charge in [-0.2, -0.15) is 0 Å². The lowest BCUT2D eigenvalue weighted by Crippen LogP contribution is -2.12. The molecule has 2 aromatic rings. The van der Waals surface area contributed by atoms with Crippen LogP contribution >= 0.6 is 15.9 Å². The molecule has 1 heterocycles. The van der Waals surface area contributed by atoms with Crippen LogP contribution in [0.15, 0.2) is 51.8 Å². The Kier molecular flexibility index (Phi) is 3.31. The van der Waals surface area contributed by atoms with Gasteiger partial charge in [-0.3, -0.25) is 4.72 Å². The van der Waals surface area contributed by atoms with Crippen molar-refractivity contribution in [2.75, 3.05) is 11.5 Å². The quantitative estimate of drug-likeness (QED) is 0.918. The SMILES string of the molecule is O=S(=O)(Nc1ccc(Br)cc1)c1ccc2c(c1)OCO2. The molecule has 0 aliphatic carbocycles. The van der Waals surface area contributed by atoms with E-state index in [1.807, 2.05) is 0 Å². The Labute approximate surface area is 124 Å². The maximum atomic E-state index is 12.3. The van der Waals surface area contributed by atoms with Gasteiger partial charge in [0.1, 0.15) is 0 Å². The van der Waals surface area contributed by atoms with Crippen LogP contribution in [0.4, 0.5) is 5.69 Å². The van der Waals surface area contributed by atoms with E-state index in [1.165, 1.54) is 12.1 Å². The van der Waals surface area contributed by atoms with Gasteiger partial charge in [0.25, 0.3) is 10.0 Å². The molecule has 0 spiro atoms. The molecule has 3 rings (SSSR count). The summed E-state index contributed by atoms with van der Waals surface area (Å²) in [6.45, 7) is 0.110. The average Bonchev–Trinajstić information content (AvgIpc) is 2.88. The van der Waals surface area contributed by atoms with Gasteiger partial charge in [-0.05, 0) is 36.4 Å². The van der Waals surface area contributed by atoms with Crippen molar-refractivity contribution in [1.82, 2.24) is 0 Å². The van der Waals surface area contributed by atoms with Crippen LogP contribution < -0.4 is 14.2 Å². The van der Waals surface area contributed by atoms with E-state index >= 15 is 0 Å². The molecule has 104 valence electrons.